The average molecular weight is 393 g/mol. The van der Waals surface area contributed by atoms with Gasteiger partial charge in [0.15, 0.2) is 0 Å². The first-order valence-corrected chi connectivity index (χ1v) is 8.80. The summed E-state index contributed by atoms with van der Waals surface area (Å²) in [5.74, 6) is -0.122. The molecular weight excluding hydrogens is 377 g/mol. The predicted molar refractivity (Wildman–Crippen MR) is 102 cm³/mol. The minimum Gasteiger partial charge on any atom is -0.495 e. The third kappa shape index (κ3) is 4.00. The highest BCUT2D eigenvalue weighted by molar-refractivity contribution is 6.36. The summed E-state index contributed by atoms with van der Waals surface area (Å²) in [6.07, 6.45) is 0.861. The van der Waals surface area contributed by atoms with E-state index in [-0.39, 0.29) is 11.6 Å². The zero-order chi connectivity index (χ0) is 18.7. The predicted octanol–water partition coefficient (Wildman–Crippen LogP) is 6.73. The lowest BCUT2D eigenvalue weighted by atomic mass is 9.98. The minimum atomic E-state index is -0.330. The molecule has 0 atom stereocenters. The molecule has 0 bridgehead atoms. The largest absolute Gasteiger partial charge is 0.495 e. The van der Waals surface area contributed by atoms with Gasteiger partial charge in [-0.2, -0.15) is 0 Å². The monoisotopic (exact) mass is 392 g/mol. The maximum absolute atomic E-state index is 14.2. The molecule has 5 heteroatoms. The normalized spacial score (nSPS) is 10.8. The third-order valence-electron chi connectivity index (χ3n) is 4.22. The molecule has 3 aromatic rings. The van der Waals surface area contributed by atoms with Gasteiger partial charge in [0, 0.05) is 5.02 Å². The number of aryl methyl sites for hydroxylation is 1. The van der Waals surface area contributed by atoms with Gasteiger partial charge in [-0.25, -0.2) is 8.78 Å². The van der Waals surface area contributed by atoms with E-state index in [0.717, 1.165) is 5.56 Å². The standard InChI is InChI=1S/C21H16Cl2F2O/c1-26-20-10-8-18(22)17(21(20)23)7-5-15-11-14(6-9-19(15)25)13-3-2-4-16(24)12-13/h2-4,6,8-12H,5,7H2,1H3. The molecule has 3 aromatic carbocycles. The Morgan fingerprint density at radius 3 is 2.38 bits per heavy atom. The first-order chi connectivity index (χ1) is 12.5. The summed E-state index contributed by atoms with van der Waals surface area (Å²) < 4.78 is 32.9. The van der Waals surface area contributed by atoms with Gasteiger partial charge in [0.05, 0.1) is 12.1 Å². The summed E-state index contributed by atoms with van der Waals surface area (Å²) >= 11 is 12.6. The van der Waals surface area contributed by atoms with E-state index < -0.39 is 0 Å². The van der Waals surface area contributed by atoms with Crippen molar-refractivity contribution in [3.05, 3.63) is 87.4 Å². The quantitative estimate of drug-likeness (QED) is 0.467. The van der Waals surface area contributed by atoms with Crippen molar-refractivity contribution < 1.29 is 13.5 Å². The number of ether oxygens (including phenoxy) is 1. The second-order valence-corrected chi connectivity index (χ2v) is 6.64. The zero-order valence-corrected chi connectivity index (χ0v) is 15.5. The van der Waals surface area contributed by atoms with Crippen LogP contribution in [0.3, 0.4) is 0 Å². The first kappa shape index (κ1) is 18.7. The summed E-state index contributed by atoms with van der Waals surface area (Å²) in [7, 11) is 1.53. The number of benzene rings is 3. The maximum atomic E-state index is 14.2. The smallest absolute Gasteiger partial charge is 0.137 e. The summed E-state index contributed by atoms with van der Waals surface area (Å²) in [5.41, 5.74) is 2.68. The number of rotatable bonds is 5. The fourth-order valence-corrected chi connectivity index (χ4v) is 3.47. The molecule has 0 N–H and O–H groups in total. The van der Waals surface area contributed by atoms with Gasteiger partial charge in [-0.15, -0.1) is 0 Å². The highest BCUT2D eigenvalue weighted by Crippen LogP contribution is 2.34. The average Bonchev–Trinajstić information content (AvgIpc) is 2.63. The molecule has 26 heavy (non-hydrogen) atoms. The van der Waals surface area contributed by atoms with E-state index >= 15 is 0 Å². The van der Waals surface area contributed by atoms with Crippen molar-refractivity contribution in [1.82, 2.24) is 0 Å². The van der Waals surface area contributed by atoms with Gasteiger partial charge in [-0.3, -0.25) is 0 Å². The maximum Gasteiger partial charge on any atom is 0.137 e. The number of hydrogen-bond donors (Lipinski definition) is 0. The second kappa shape index (κ2) is 8.07. The van der Waals surface area contributed by atoms with Gasteiger partial charge in [0.2, 0.25) is 0 Å². The van der Waals surface area contributed by atoms with E-state index in [1.807, 2.05) is 0 Å². The van der Waals surface area contributed by atoms with Gasteiger partial charge >= 0.3 is 0 Å². The van der Waals surface area contributed by atoms with E-state index in [1.54, 1.807) is 36.4 Å². The molecule has 0 aliphatic heterocycles. The summed E-state index contributed by atoms with van der Waals surface area (Å²) in [6, 6.07) is 14.4. The Morgan fingerprint density at radius 2 is 1.65 bits per heavy atom. The Bertz CT molecular complexity index is 941. The highest BCUT2D eigenvalue weighted by Gasteiger charge is 2.13. The molecule has 0 saturated carbocycles. The van der Waals surface area contributed by atoms with Crippen LogP contribution in [0.15, 0.2) is 54.6 Å². The topological polar surface area (TPSA) is 9.23 Å². The van der Waals surface area contributed by atoms with Crippen molar-refractivity contribution in [1.29, 1.82) is 0 Å². The Hall–Kier alpha value is -2.10. The van der Waals surface area contributed by atoms with Crippen LogP contribution in [0.25, 0.3) is 11.1 Å². The van der Waals surface area contributed by atoms with Gasteiger partial charge in [0.25, 0.3) is 0 Å². The molecule has 0 saturated heterocycles. The summed E-state index contributed by atoms with van der Waals surface area (Å²) in [4.78, 5) is 0. The zero-order valence-electron chi connectivity index (χ0n) is 14.0. The van der Waals surface area contributed by atoms with Crippen LogP contribution in [0, 0.1) is 11.6 Å². The van der Waals surface area contributed by atoms with Crippen molar-refractivity contribution in [2.45, 2.75) is 12.8 Å². The number of hydrogen-bond acceptors (Lipinski definition) is 1. The molecule has 0 radical (unpaired) electrons. The molecule has 0 aliphatic carbocycles. The van der Waals surface area contributed by atoms with Crippen LogP contribution in [-0.2, 0) is 12.8 Å². The Morgan fingerprint density at radius 1 is 0.885 bits per heavy atom. The van der Waals surface area contributed by atoms with Crippen LogP contribution in [0.1, 0.15) is 11.1 Å². The SMILES string of the molecule is COc1ccc(Cl)c(CCc2cc(-c3cccc(F)c3)ccc2F)c1Cl. The van der Waals surface area contributed by atoms with Gasteiger partial charge in [-0.1, -0.05) is 41.4 Å². The molecule has 0 amide bonds. The summed E-state index contributed by atoms with van der Waals surface area (Å²) in [5, 5.41) is 0.944. The Labute approximate surface area is 161 Å². The van der Waals surface area contributed by atoms with Crippen molar-refractivity contribution in [3.8, 4) is 16.9 Å². The molecule has 0 heterocycles. The Balaban J connectivity index is 1.88. The van der Waals surface area contributed by atoms with Crippen molar-refractivity contribution in [3.63, 3.8) is 0 Å². The molecule has 0 unspecified atom stereocenters. The van der Waals surface area contributed by atoms with Crippen molar-refractivity contribution in [2.24, 2.45) is 0 Å². The van der Waals surface area contributed by atoms with Gasteiger partial charge in [0.1, 0.15) is 17.4 Å². The molecule has 0 aromatic heterocycles. The second-order valence-electron chi connectivity index (χ2n) is 5.86. The van der Waals surface area contributed by atoms with E-state index in [9.17, 15) is 8.78 Å². The van der Waals surface area contributed by atoms with Crippen LogP contribution in [-0.4, -0.2) is 7.11 Å². The van der Waals surface area contributed by atoms with Crippen LogP contribution in [0.4, 0.5) is 8.78 Å². The number of halogens is 4. The molecule has 134 valence electrons. The highest BCUT2D eigenvalue weighted by atomic mass is 35.5. The van der Waals surface area contributed by atoms with Crippen LogP contribution in [0.2, 0.25) is 10.0 Å². The lowest BCUT2D eigenvalue weighted by Crippen LogP contribution is -1.98. The van der Waals surface area contributed by atoms with E-state index in [1.165, 1.54) is 25.3 Å². The molecule has 1 nitrogen and oxygen atoms in total. The third-order valence-corrected chi connectivity index (χ3v) is 4.99. The van der Waals surface area contributed by atoms with Crippen LogP contribution >= 0.6 is 23.2 Å². The van der Waals surface area contributed by atoms with E-state index in [2.05, 4.69) is 0 Å². The van der Waals surface area contributed by atoms with Crippen molar-refractivity contribution in [2.75, 3.05) is 7.11 Å². The molecule has 0 aliphatic rings. The number of methoxy groups -OCH3 is 1. The molecule has 0 fully saturated rings. The fraction of sp³-hybridized carbons (Fsp3) is 0.143. The van der Waals surface area contributed by atoms with Gasteiger partial charge in [-0.05, 0) is 71.5 Å². The fourth-order valence-electron chi connectivity index (χ4n) is 2.84. The first-order valence-electron chi connectivity index (χ1n) is 8.05. The van der Waals surface area contributed by atoms with Crippen LogP contribution in [0.5, 0.6) is 5.75 Å². The van der Waals surface area contributed by atoms with Crippen molar-refractivity contribution >= 4 is 23.2 Å². The summed E-state index contributed by atoms with van der Waals surface area (Å²) in [6.45, 7) is 0. The minimum absolute atomic E-state index is 0.319. The van der Waals surface area contributed by atoms with Gasteiger partial charge < -0.3 is 4.74 Å². The van der Waals surface area contributed by atoms with E-state index in [0.29, 0.717) is 45.3 Å². The van der Waals surface area contributed by atoms with Crippen LogP contribution < -0.4 is 4.74 Å². The molecule has 0 spiro atoms. The molecule has 3 rings (SSSR count). The van der Waals surface area contributed by atoms with E-state index in [4.69, 9.17) is 27.9 Å². The Kier molecular flexibility index (Phi) is 5.80. The molecular formula is C21H16Cl2F2O. The lowest BCUT2D eigenvalue weighted by molar-refractivity contribution is 0.414. The lowest BCUT2D eigenvalue weighted by Gasteiger charge is -2.12.